The van der Waals surface area contributed by atoms with E-state index >= 15 is 0 Å². The third kappa shape index (κ3) is 2.30. The van der Waals surface area contributed by atoms with Crippen LogP contribution in [0.2, 0.25) is 0 Å². The number of hydrogen-bond donors (Lipinski definition) is 0. The molecule has 1 aliphatic carbocycles. The van der Waals surface area contributed by atoms with Crippen LogP contribution in [0.25, 0.3) is 0 Å². The second-order valence-corrected chi connectivity index (χ2v) is 5.77. The standard InChI is InChI=1S/C16H16O2S/c1-18-12-9-15(19-10-12)16(17)14-8-4-6-11-5-2-3-7-13(11)14/h2-3,5,7,9-10,14H,4,6,8H2,1H3. The molecule has 1 heterocycles. The first-order chi connectivity index (χ1) is 9.29. The molecule has 0 aliphatic heterocycles. The predicted octanol–water partition coefficient (Wildman–Crippen LogP) is 4.06. The Labute approximate surface area is 117 Å². The molecule has 0 radical (unpaired) electrons. The largest absolute Gasteiger partial charge is 0.496 e. The number of thiophene rings is 1. The highest BCUT2D eigenvalue weighted by Gasteiger charge is 2.27. The van der Waals surface area contributed by atoms with Crippen LogP contribution in [0.5, 0.6) is 5.75 Å². The van der Waals surface area contributed by atoms with Crippen molar-refractivity contribution in [2.24, 2.45) is 0 Å². The van der Waals surface area contributed by atoms with Gasteiger partial charge in [-0.1, -0.05) is 24.3 Å². The number of Topliss-reactive ketones (excluding diaryl/α,β-unsaturated/α-hetero) is 1. The average Bonchev–Trinajstić information content (AvgIpc) is 2.95. The Bertz CT molecular complexity index is 600. The Kier molecular flexibility index (Phi) is 3.38. The quantitative estimate of drug-likeness (QED) is 0.788. The molecular formula is C16H16O2S. The number of aryl methyl sites for hydroxylation is 1. The van der Waals surface area contributed by atoms with Crippen LogP contribution in [0.4, 0.5) is 0 Å². The van der Waals surface area contributed by atoms with E-state index in [4.69, 9.17) is 4.74 Å². The normalized spacial score (nSPS) is 17.8. The van der Waals surface area contributed by atoms with E-state index in [1.165, 1.54) is 22.5 Å². The van der Waals surface area contributed by atoms with Gasteiger partial charge in [0.25, 0.3) is 0 Å². The van der Waals surface area contributed by atoms with Crippen LogP contribution in [0, 0.1) is 0 Å². The van der Waals surface area contributed by atoms with Gasteiger partial charge in [0.1, 0.15) is 5.75 Å². The lowest BCUT2D eigenvalue weighted by molar-refractivity contribution is 0.0955. The number of carbonyl (C=O) groups is 1. The molecule has 1 aromatic heterocycles. The van der Waals surface area contributed by atoms with Crippen molar-refractivity contribution in [3.63, 3.8) is 0 Å². The number of ether oxygens (including phenoxy) is 1. The fourth-order valence-electron chi connectivity index (χ4n) is 2.75. The second-order valence-electron chi connectivity index (χ2n) is 4.86. The van der Waals surface area contributed by atoms with Gasteiger partial charge in [-0.15, -0.1) is 11.3 Å². The Morgan fingerprint density at radius 2 is 2.21 bits per heavy atom. The van der Waals surface area contributed by atoms with Crippen LogP contribution in [-0.4, -0.2) is 12.9 Å². The lowest BCUT2D eigenvalue weighted by Gasteiger charge is -2.23. The molecule has 0 fully saturated rings. The van der Waals surface area contributed by atoms with Gasteiger partial charge in [-0.25, -0.2) is 0 Å². The molecule has 1 aliphatic rings. The molecule has 0 bridgehead atoms. The summed E-state index contributed by atoms with van der Waals surface area (Å²) >= 11 is 1.48. The summed E-state index contributed by atoms with van der Waals surface area (Å²) in [6, 6.07) is 10.2. The summed E-state index contributed by atoms with van der Waals surface area (Å²) in [4.78, 5) is 13.5. The highest BCUT2D eigenvalue weighted by Crippen LogP contribution is 2.35. The van der Waals surface area contributed by atoms with Gasteiger partial charge < -0.3 is 4.74 Å². The minimum Gasteiger partial charge on any atom is -0.496 e. The fraction of sp³-hybridized carbons (Fsp3) is 0.312. The molecule has 0 saturated heterocycles. The molecular weight excluding hydrogens is 256 g/mol. The molecule has 0 spiro atoms. The lowest BCUT2D eigenvalue weighted by Crippen LogP contribution is -2.17. The molecule has 0 amide bonds. The first kappa shape index (κ1) is 12.4. The maximum Gasteiger partial charge on any atom is 0.180 e. The van der Waals surface area contributed by atoms with Crippen molar-refractivity contribution in [3.05, 3.63) is 51.7 Å². The number of ketones is 1. The smallest absolute Gasteiger partial charge is 0.180 e. The molecule has 1 atom stereocenters. The molecule has 2 nitrogen and oxygen atoms in total. The third-order valence-corrected chi connectivity index (χ3v) is 4.66. The van der Waals surface area contributed by atoms with Crippen LogP contribution >= 0.6 is 11.3 Å². The van der Waals surface area contributed by atoms with Gasteiger partial charge in [-0.3, -0.25) is 4.79 Å². The summed E-state index contributed by atoms with van der Waals surface area (Å²) in [5, 5.41) is 1.89. The van der Waals surface area contributed by atoms with E-state index in [2.05, 4.69) is 18.2 Å². The van der Waals surface area contributed by atoms with Crippen molar-refractivity contribution in [2.75, 3.05) is 7.11 Å². The van der Waals surface area contributed by atoms with E-state index in [-0.39, 0.29) is 11.7 Å². The van der Waals surface area contributed by atoms with Gasteiger partial charge >= 0.3 is 0 Å². The number of hydrogen-bond acceptors (Lipinski definition) is 3. The summed E-state index contributed by atoms with van der Waals surface area (Å²) in [7, 11) is 1.63. The zero-order valence-corrected chi connectivity index (χ0v) is 11.7. The van der Waals surface area contributed by atoms with Crippen LogP contribution in [0.15, 0.2) is 35.7 Å². The van der Waals surface area contributed by atoms with E-state index in [1.807, 2.05) is 17.5 Å². The summed E-state index contributed by atoms with van der Waals surface area (Å²) < 4.78 is 5.16. The predicted molar refractivity (Wildman–Crippen MR) is 77.3 cm³/mol. The Hall–Kier alpha value is -1.61. The van der Waals surface area contributed by atoms with Crippen molar-refractivity contribution in [2.45, 2.75) is 25.2 Å². The third-order valence-electron chi connectivity index (χ3n) is 3.74. The molecule has 0 N–H and O–H groups in total. The fourth-order valence-corrected chi connectivity index (χ4v) is 3.60. The van der Waals surface area contributed by atoms with Crippen molar-refractivity contribution >= 4 is 17.1 Å². The Morgan fingerprint density at radius 3 is 3.00 bits per heavy atom. The van der Waals surface area contributed by atoms with Gasteiger partial charge in [-0.05, 0) is 30.4 Å². The van der Waals surface area contributed by atoms with Crippen LogP contribution in [-0.2, 0) is 6.42 Å². The highest BCUT2D eigenvalue weighted by atomic mass is 32.1. The summed E-state index contributed by atoms with van der Waals surface area (Å²) in [5.74, 6) is 1.03. The Morgan fingerprint density at radius 1 is 1.37 bits per heavy atom. The maximum atomic E-state index is 12.6. The number of benzene rings is 1. The SMILES string of the molecule is COc1csc(C(=O)C2CCCc3ccccc32)c1. The second kappa shape index (κ2) is 5.17. The van der Waals surface area contributed by atoms with Gasteiger partial charge in [0, 0.05) is 17.4 Å². The number of carbonyl (C=O) groups excluding carboxylic acids is 1. The number of fused-ring (bicyclic) bond motifs is 1. The summed E-state index contributed by atoms with van der Waals surface area (Å²) in [5.41, 5.74) is 2.54. The number of methoxy groups -OCH3 is 1. The molecule has 98 valence electrons. The maximum absolute atomic E-state index is 12.6. The molecule has 1 aromatic carbocycles. The molecule has 0 saturated carbocycles. The molecule has 2 aromatic rings. The zero-order chi connectivity index (χ0) is 13.2. The molecule has 3 heteroatoms. The van der Waals surface area contributed by atoms with Crippen molar-refractivity contribution < 1.29 is 9.53 Å². The number of rotatable bonds is 3. The van der Waals surface area contributed by atoms with E-state index in [0.29, 0.717) is 0 Å². The topological polar surface area (TPSA) is 26.3 Å². The monoisotopic (exact) mass is 272 g/mol. The van der Waals surface area contributed by atoms with Crippen LogP contribution in [0.3, 0.4) is 0 Å². The van der Waals surface area contributed by atoms with Crippen LogP contribution < -0.4 is 4.74 Å². The average molecular weight is 272 g/mol. The van der Waals surface area contributed by atoms with E-state index in [0.717, 1.165) is 29.9 Å². The minimum atomic E-state index is 0.0216. The van der Waals surface area contributed by atoms with Gasteiger partial charge in [0.05, 0.1) is 12.0 Å². The van der Waals surface area contributed by atoms with E-state index in [9.17, 15) is 4.79 Å². The van der Waals surface area contributed by atoms with Crippen molar-refractivity contribution in [3.8, 4) is 5.75 Å². The van der Waals surface area contributed by atoms with Crippen molar-refractivity contribution in [1.29, 1.82) is 0 Å². The lowest BCUT2D eigenvalue weighted by atomic mass is 9.80. The molecule has 1 unspecified atom stereocenters. The van der Waals surface area contributed by atoms with Gasteiger partial charge in [0.15, 0.2) is 5.78 Å². The van der Waals surface area contributed by atoms with E-state index in [1.54, 1.807) is 7.11 Å². The zero-order valence-electron chi connectivity index (χ0n) is 10.9. The van der Waals surface area contributed by atoms with E-state index < -0.39 is 0 Å². The minimum absolute atomic E-state index is 0.0216. The van der Waals surface area contributed by atoms with Crippen molar-refractivity contribution in [1.82, 2.24) is 0 Å². The molecule has 3 rings (SSSR count). The summed E-state index contributed by atoms with van der Waals surface area (Å²) in [6.07, 6.45) is 3.14. The first-order valence-corrected chi connectivity index (χ1v) is 7.42. The molecule has 19 heavy (non-hydrogen) atoms. The Balaban J connectivity index is 1.93. The summed E-state index contributed by atoms with van der Waals surface area (Å²) in [6.45, 7) is 0. The first-order valence-electron chi connectivity index (χ1n) is 6.54. The van der Waals surface area contributed by atoms with Gasteiger partial charge in [0.2, 0.25) is 0 Å². The van der Waals surface area contributed by atoms with Crippen LogP contribution in [0.1, 0.15) is 39.6 Å². The highest BCUT2D eigenvalue weighted by molar-refractivity contribution is 7.12. The van der Waals surface area contributed by atoms with Gasteiger partial charge in [-0.2, -0.15) is 0 Å².